The second-order valence-corrected chi connectivity index (χ2v) is 6.44. The lowest BCUT2D eigenvalue weighted by atomic mass is 10.1. The predicted molar refractivity (Wildman–Crippen MR) is 96.4 cm³/mol. The van der Waals surface area contributed by atoms with Crippen LogP contribution >= 0.6 is 0 Å². The zero-order chi connectivity index (χ0) is 17.2. The molecule has 0 atom stereocenters. The van der Waals surface area contributed by atoms with Gasteiger partial charge in [-0.2, -0.15) is 5.10 Å². The van der Waals surface area contributed by atoms with E-state index in [0.717, 1.165) is 43.9 Å². The lowest BCUT2D eigenvalue weighted by molar-refractivity contribution is 0.0764. The van der Waals surface area contributed by atoms with E-state index < -0.39 is 0 Å². The Morgan fingerprint density at radius 3 is 2.72 bits per heavy atom. The molecule has 6 nitrogen and oxygen atoms in total. The molecule has 6 heteroatoms. The number of carbonyl (C=O) groups is 1. The van der Waals surface area contributed by atoms with Crippen LogP contribution in [0, 0.1) is 0 Å². The standard InChI is InChI=1S/C19H21N5O/c1-22-10-5-11-23(13-12-22)19(25)16-14-21-24-17(8-9-20-18(16)24)15-6-3-2-4-7-15/h2-4,6-9,14H,5,10-13H2,1H3. The first-order valence-corrected chi connectivity index (χ1v) is 8.60. The Morgan fingerprint density at radius 2 is 1.88 bits per heavy atom. The molecule has 4 rings (SSSR count). The van der Waals surface area contributed by atoms with Gasteiger partial charge in [-0.3, -0.25) is 4.79 Å². The van der Waals surface area contributed by atoms with Crippen molar-refractivity contribution in [3.8, 4) is 11.3 Å². The van der Waals surface area contributed by atoms with Crippen LogP contribution in [0.3, 0.4) is 0 Å². The Balaban J connectivity index is 1.71. The van der Waals surface area contributed by atoms with Gasteiger partial charge in [0, 0.05) is 31.4 Å². The molecular weight excluding hydrogens is 314 g/mol. The molecule has 0 spiro atoms. The van der Waals surface area contributed by atoms with E-state index in [1.54, 1.807) is 16.9 Å². The maximum atomic E-state index is 13.0. The van der Waals surface area contributed by atoms with E-state index in [-0.39, 0.29) is 5.91 Å². The van der Waals surface area contributed by atoms with Gasteiger partial charge in [-0.05, 0) is 26.1 Å². The summed E-state index contributed by atoms with van der Waals surface area (Å²) in [5, 5.41) is 4.45. The van der Waals surface area contributed by atoms with Crippen LogP contribution < -0.4 is 0 Å². The SMILES string of the molecule is CN1CCCN(C(=O)c2cnn3c(-c4ccccc4)ccnc23)CC1. The molecule has 0 unspecified atom stereocenters. The predicted octanol–water partition coefficient (Wildman–Crippen LogP) is 2.17. The van der Waals surface area contributed by atoms with Gasteiger partial charge >= 0.3 is 0 Å². The van der Waals surface area contributed by atoms with Gasteiger partial charge in [0.2, 0.25) is 0 Å². The first-order chi connectivity index (χ1) is 12.2. The van der Waals surface area contributed by atoms with Crippen LogP contribution in [0.25, 0.3) is 16.9 Å². The summed E-state index contributed by atoms with van der Waals surface area (Å²) < 4.78 is 1.76. The molecule has 0 bridgehead atoms. The van der Waals surface area contributed by atoms with Crippen molar-refractivity contribution in [3.05, 3.63) is 54.4 Å². The molecular formula is C19H21N5O. The smallest absolute Gasteiger partial charge is 0.259 e. The number of carbonyl (C=O) groups excluding carboxylic acids is 1. The molecule has 0 radical (unpaired) electrons. The van der Waals surface area contributed by atoms with E-state index in [0.29, 0.717) is 11.2 Å². The Bertz CT molecular complexity index is 889. The van der Waals surface area contributed by atoms with Crippen molar-refractivity contribution in [1.82, 2.24) is 24.4 Å². The highest BCUT2D eigenvalue weighted by Gasteiger charge is 2.23. The van der Waals surface area contributed by atoms with Gasteiger partial charge in [0.15, 0.2) is 5.65 Å². The third kappa shape index (κ3) is 3.00. The number of benzene rings is 1. The molecule has 25 heavy (non-hydrogen) atoms. The van der Waals surface area contributed by atoms with Gasteiger partial charge in [0.1, 0.15) is 5.56 Å². The van der Waals surface area contributed by atoms with Gasteiger partial charge in [-0.1, -0.05) is 30.3 Å². The molecule has 1 aliphatic heterocycles. The molecule has 1 fully saturated rings. The van der Waals surface area contributed by atoms with Crippen molar-refractivity contribution in [2.24, 2.45) is 0 Å². The minimum Gasteiger partial charge on any atom is -0.337 e. The highest BCUT2D eigenvalue weighted by molar-refractivity contribution is 6.00. The van der Waals surface area contributed by atoms with Crippen molar-refractivity contribution < 1.29 is 4.79 Å². The van der Waals surface area contributed by atoms with Crippen LogP contribution in [0.1, 0.15) is 16.8 Å². The van der Waals surface area contributed by atoms with E-state index in [1.807, 2.05) is 41.3 Å². The van der Waals surface area contributed by atoms with E-state index >= 15 is 0 Å². The average molecular weight is 335 g/mol. The van der Waals surface area contributed by atoms with Crippen molar-refractivity contribution in [1.29, 1.82) is 0 Å². The Labute approximate surface area is 146 Å². The second-order valence-electron chi connectivity index (χ2n) is 6.44. The van der Waals surface area contributed by atoms with Crippen molar-refractivity contribution in [2.45, 2.75) is 6.42 Å². The maximum Gasteiger partial charge on any atom is 0.259 e. The maximum absolute atomic E-state index is 13.0. The third-order valence-electron chi connectivity index (χ3n) is 4.71. The summed E-state index contributed by atoms with van der Waals surface area (Å²) in [5.41, 5.74) is 3.17. The van der Waals surface area contributed by atoms with Crippen molar-refractivity contribution in [3.63, 3.8) is 0 Å². The summed E-state index contributed by atoms with van der Waals surface area (Å²) in [7, 11) is 2.09. The van der Waals surface area contributed by atoms with Crippen LogP contribution in [0.4, 0.5) is 0 Å². The number of hydrogen-bond donors (Lipinski definition) is 0. The van der Waals surface area contributed by atoms with Crippen LogP contribution in [0.5, 0.6) is 0 Å². The number of amides is 1. The Kier molecular flexibility index (Phi) is 4.19. The van der Waals surface area contributed by atoms with Crippen molar-refractivity contribution >= 4 is 11.6 Å². The molecule has 128 valence electrons. The average Bonchev–Trinajstić information content (AvgIpc) is 2.97. The summed E-state index contributed by atoms with van der Waals surface area (Å²) in [6.45, 7) is 3.44. The van der Waals surface area contributed by atoms with Crippen LogP contribution in [-0.2, 0) is 0 Å². The zero-order valence-electron chi connectivity index (χ0n) is 14.3. The molecule has 1 saturated heterocycles. The Morgan fingerprint density at radius 1 is 1.04 bits per heavy atom. The van der Waals surface area contributed by atoms with Gasteiger partial charge < -0.3 is 9.80 Å². The molecule has 0 saturated carbocycles. The summed E-state index contributed by atoms with van der Waals surface area (Å²) in [4.78, 5) is 21.6. The molecule has 1 aromatic carbocycles. The fourth-order valence-electron chi connectivity index (χ4n) is 3.29. The first-order valence-electron chi connectivity index (χ1n) is 8.60. The lowest BCUT2D eigenvalue weighted by Crippen LogP contribution is -2.34. The number of rotatable bonds is 2. The van der Waals surface area contributed by atoms with Crippen LogP contribution in [-0.4, -0.2) is 63.5 Å². The normalized spacial score (nSPS) is 16.1. The van der Waals surface area contributed by atoms with E-state index in [2.05, 4.69) is 22.0 Å². The van der Waals surface area contributed by atoms with E-state index in [4.69, 9.17) is 0 Å². The van der Waals surface area contributed by atoms with Gasteiger partial charge in [-0.15, -0.1) is 0 Å². The van der Waals surface area contributed by atoms with Gasteiger partial charge in [-0.25, -0.2) is 9.50 Å². The number of likely N-dealkylation sites (N-methyl/N-ethyl adjacent to an activating group) is 1. The number of fused-ring (bicyclic) bond motifs is 1. The molecule has 1 aliphatic rings. The molecule has 2 aromatic heterocycles. The summed E-state index contributed by atoms with van der Waals surface area (Å²) >= 11 is 0. The van der Waals surface area contributed by atoms with Gasteiger partial charge in [0.25, 0.3) is 5.91 Å². The molecule has 0 N–H and O–H groups in total. The van der Waals surface area contributed by atoms with Crippen molar-refractivity contribution in [2.75, 3.05) is 33.2 Å². The third-order valence-corrected chi connectivity index (χ3v) is 4.71. The monoisotopic (exact) mass is 335 g/mol. The number of nitrogens with zero attached hydrogens (tertiary/aromatic N) is 5. The minimum atomic E-state index is 0.0167. The van der Waals surface area contributed by atoms with E-state index in [9.17, 15) is 4.79 Å². The molecule has 0 aliphatic carbocycles. The van der Waals surface area contributed by atoms with Crippen LogP contribution in [0.2, 0.25) is 0 Å². The quantitative estimate of drug-likeness (QED) is 0.720. The molecule has 3 heterocycles. The summed E-state index contributed by atoms with van der Waals surface area (Å²) in [6.07, 6.45) is 4.38. The minimum absolute atomic E-state index is 0.0167. The molecule has 1 amide bonds. The highest BCUT2D eigenvalue weighted by Crippen LogP contribution is 2.21. The van der Waals surface area contributed by atoms with Gasteiger partial charge in [0.05, 0.1) is 11.9 Å². The Hall–Kier alpha value is -2.73. The zero-order valence-corrected chi connectivity index (χ0v) is 14.3. The summed E-state index contributed by atoms with van der Waals surface area (Å²) in [5.74, 6) is 0.0167. The summed E-state index contributed by atoms with van der Waals surface area (Å²) in [6, 6.07) is 11.9. The highest BCUT2D eigenvalue weighted by atomic mass is 16.2. The first kappa shape index (κ1) is 15.8. The largest absolute Gasteiger partial charge is 0.337 e. The fraction of sp³-hybridized carbons (Fsp3) is 0.316. The second kappa shape index (κ2) is 6.64. The van der Waals surface area contributed by atoms with Crippen LogP contribution in [0.15, 0.2) is 48.8 Å². The number of hydrogen-bond acceptors (Lipinski definition) is 4. The topological polar surface area (TPSA) is 53.7 Å². The number of aromatic nitrogens is 3. The molecule has 3 aromatic rings. The van der Waals surface area contributed by atoms with E-state index in [1.165, 1.54) is 0 Å². The lowest BCUT2D eigenvalue weighted by Gasteiger charge is -2.19. The fourth-order valence-corrected chi connectivity index (χ4v) is 3.29.